The van der Waals surface area contributed by atoms with E-state index in [1.54, 1.807) is 46.1 Å². The minimum atomic E-state index is -3.62. The van der Waals surface area contributed by atoms with Gasteiger partial charge in [0.15, 0.2) is 0 Å². The first-order valence-electron chi connectivity index (χ1n) is 13.1. The van der Waals surface area contributed by atoms with Crippen LogP contribution in [-0.2, 0) is 29.7 Å². The maximum absolute atomic E-state index is 13.5. The van der Waals surface area contributed by atoms with Crippen molar-refractivity contribution >= 4 is 21.1 Å². The molecule has 6 rings (SSSR count). The van der Waals surface area contributed by atoms with Crippen LogP contribution in [0.5, 0.6) is 0 Å². The van der Waals surface area contributed by atoms with E-state index in [0.717, 1.165) is 25.1 Å². The van der Waals surface area contributed by atoms with Crippen molar-refractivity contribution in [3.05, 3.63) is 87.1 Å². The number of nitrogens with zero attached hydrogens (tertiary/aromatic N) is 4. The van der Waals surface area contributed by atoms with Crippen molar-refractivity contribution in [3.8, 4) is 11.3 Å². The molecule has 2 bridgehead atoms. The molecule has 1 N–H and O–H groups in total. The van der Waals surface area contributed by atoms with Crippen molar-refractivity contribution in [2.45, 2.75) is 56.9 Å². The SMILES string of the molecule is CCn1c(=O)c2[nH]c(-c3ccc(S(=O)(=O)N4CC5CC4CN5Cc4ccccc4)cc3)cc2n(CC)c1=O. The first-order chi connectivity index (χ1) is 18.3. The number of H-pyrrole nitrogens is 1. The molecule has 2 atom stereocenters. The van der Waals surface area contributed by atoms with Crippen molar-refractivity contribution in [3.63, 3.8) is 0 Å². The highest BCUT2D eigenvalue weighted by atomic mass is 32.2. The molecular weight excluding hydrogens is 502 g/mol. The lowest BCUT2D eigenvalue weighted by atomic mass is 10.1. The van der Waals surface area contributed by atoms with Crippen LogP contribution in [0.15, 0.2) is 75.1 Å². The summed E-state index contributed by atoms with van der Waals surface area (Å²) in [7, 11) is -3.62. The molecule has 0 spiro atoms. The predicted molar refractivity (Wildman–Crippen MR) is 147 cm³/mol. The molecule has 2 fully saturated rings. The van der Waals surface area contributed by atoms with Gasteiger partial charge in [0.2, 0.25) is 10.0 Å². The lowest BCUT2D eigenvalue weighted by Gasteiger charge is -2.33. The number of piperazine rings is 1. The summed E-state index contributed by atoms with van der Waals surface area (Å²) < 4.78 is 31.5. The topological polar surface area (TPSA) is 100 Å². The zero-order valence-electron chi connectivity index (χ0n) is 21.5. The highest BCUT2D eigenvalue weighted by Gasteiger charge is 2.48. The van der Waals surface area contributed by atoms with E-state index in [-0.39, 0.29) is 34.8 Å². The molecule has 10 heteroatoms. The smallest absolute Gasteiger partial charge is 0.331 e. The van der Waals surface area contributed by atoms with Crippen LogP contribution in [0, 0.1) is 0 Å². The number of aromatic amines is 1. The third-order valence-electron chi connectivity index (χ3n) is 7.95. The van der Waals surface area contributed by atoms with Crippen molar-refractivity contribution in [1.29, 1.82) is 0 Å². The van der Waals surface area contributed by atoms with Gasteiger partial charge in [-0.25, -0.2) is 13.2 Å². The number of fused-ring (bicyclic) bond motifs is 3. The normalized spacial score (nSPS) is 20.1. The largest absolute Gasteiger partial charge is 0.349 e. The van der Waals surface area contributed by atoms with E-state index in [2.05, 4.69) is 22.0 Å². The first kappa shape index (κ1) is 24.8. The molecule has 0 aliphatic carbocycles. The molecule has 198 valence electrons. The maximum atomic E-state index is 13.5. The van der Waals surface area contributed by atoms with Gasteiger partial charge in [-0.05, 0) is 49.6 Å². The van der Waals surface area contributed by atoms with E-state index in [1.165, 1.54) is 10.1 Å². The van der Waals surface area contributed by atoms with Crippen LogP contribution in [0.2, 0.25) is 0 Å². The first-order valence-corrected chi connectivity index (χ1v) is 14.5. The molecule has 0 amide bonds. The van der Waals surface area contributed by atoms with Crippen molar-refractivity contribution < 1.29 is 8.42 Å². The standard InChI is InChI=1S/C28H31N5O4S/c1-3-31-25-15-24(29-26(25)27(34)32(4-2)28(31)35)20-10-12-23(13-11-20)38(36,37)33-18-21-14-22(33)17-30(21)16-19-8-6-5-7-9-19/h5-13,15,21-22,29H,3-4,14,16-18H2,1-2H3. The lowest BCUT2D eigenvalue weighted by molar-refractivity contribution is 0.174. The fourth-order valence-corrected chi connectivity index (χ4v) is 7.66. The van der Waals surface area contributed by atoms with Crippen LogP contribution in [0.25, 0.3) is 22.3 Å². The van der Waals surface area contributed by atoms with Crippen LogP contribution in [0.3, 0.4) is 0 Å². The van der Waals surface area contributed by atoms with Gasteiger partial charge in [0.05, 0.1) is 10.4 Å². The molecule has 2 aliphatic heterocycles. The minimum absolute atomic E-state index is 0.0198. The fourth-order valence-electron chi connectivity index (χ4n) is 5.99. The quantitative estimate of drug-likeness (QED) is 0.394. The van der Waals surface area contributed by atoms with Gasteiger partial charge in [0.1, 0.15) is 5.52 Å². The number of aryl methyl sites for hydroxylation is 1. The van der Waals surface area contributed by atoms with Crippen molar-refractivity contribution in [2.75, 3.05) is 13.1 Å². The molecule has 2 aromatic heterocycles. The second-order valence-electron chi connectivity index (χ2n) is 10.1. The van der Waals surface area contributed by atoms with Crippen molar-refractivity contribution in [2.24, 2.45) is 0 Å². The van der Waals surface area contributed by atoms with Gasteiger partial charge in [-0.2, -0.15) is 4.31 Å². The molecule has 0 saturated carbocycles. The second-order valence-corrected chi connectivity index (χ2v) is 12.0. The number of sulfonamides is 1. The van der Waals surface area contributed by atoms with E-state index in [4.69, 9.17) is 0 Å². The second kappa shape index (κ2) is 9.37. The molecule has 0 radical (unpaired) electrons. The average Bonchev–Trinajstić information content (AvgIpc) is 3.65. The Kier molecular flexibility index (Phi) is 6.13. The number of rotatable bonds is 7. The number of hydrogen-bond acceptors (Lipinski definition) is 5. The zero-order valence-corrected chi connectivity index (χ0v) is 22.3. The highest BCUT2D eigenvalue weighted by Crippen LogP contribution is 2.36. The third-order valence-corrected chi connectivity index (χ3v) is 9.88. The third kappa shape index (κ3) is 3.95. The van der Waals surface area contributed by atoms with Crippen LogP contribution < -0.4 is 11.2 Å². The molecule has 2 saturated heterocycles. The van der Waals surface area contributed by atoms with Gasteiger partial charge < -0.3 is 4.98 Å². The molecule has 38 heavy (non-hydrogen) atoms. The van der Waals surface area contributed by atoms with Crippen LogP contribution in [-0.4, -0.2) is 56.9 Å². The summed E-state index contributed by atoms with van der Waals surface area (Å²) in [6.07, 6.45) is 0.855. The van der Waals surface area contributed by atoms with Crippen LogP contribution in [0.1, 0.15) is 25.8 Å². The fraction of sp³-hybridized carbons (Fsp3) is 0.357. The van der Waals surface area contributed by atoms with Crippen LogP contribution >= 0.6 is 0 Å². The number of benzene rings is 2. The summed E-state index contributed by atoms with van der Waals surface area (Å²) in [6.45, 7) is 6.43. The predicted octanol–water partition coefficient (Wildman–Crippen LogP) is 2.85. The molecule has 2 unspecified atom stereocenters. The molecule has 9 nitrogen and oxygen atoms in total. The van der Waals surface area contributed by atoms with Gasteiger partial charge in [0.25, 0.3) is 5.56 Å². The van der Waals surface area contributed by atoms with Gasteiger partial charge >= 0.3 is 5.69 Å². The molecule has 2 aromatic carbocycles. The lowest BCUT2D eigenvalue weighted by Crippen LogP contribution is -2.48. The summed E-state index contributed by atoms with van der Waals surface area (Å²) >= 11 is 0. The van der Waals surface area contributed by atoms with Gasteiger partial charge in [-0.3, -0.25) is 18.8 Å². The summed E-state index contributed by atoms with van der Waals surface area (Å²) in [5.41, 5.74) is 2.88. The minimum Gasteiger partial charge on any atom is -0.349 e. The van der Waals surface area contributed by atoms with E-state index in [9.17, 15) is 18.0 Å². The maximum Gasteiger partial charge on any atom is 0.331 e. The van der Waals surface area contributed by atoms with Gasteiger partial charge in [0, 0.05) is 50.5 Å². The number of nitrogens with one attached hydrogen (secondary N) is 1. The Bertz CT molecular complexity index is 1720. The Morgan fingerprint density at radius 2 is 1.61 bits per heavy atom. The Balaban J connectivity index is 1.24. The Morgan fingerprint density at radius 1 is 0.895 bits per heavy atom. The molecule has 4 aromatic rings. The summed E-state index contributed by atoms with van der Waals surface area (Å²) in [6, 6.07) is 19.0. The van der Waals surface area contributed by atoms with E-state index in [1.807, 2.05) is 25.1 Å². The summed E-state index contributed by atoms with van der Waals surface area (Å²) in [5.74, 6) is 0. The van der Waals surface area contributed by atoms with E-state index < -0.39 is 10.0 Å². The molecule has 2 aliphatic rings. The zero-order chi connectivity index (χ0) is 26.6. The van der Waals surface area contributed by atoms with E-state index in [0.29, 0.717) is 29.8 Å². The number of aromatic nitrogens is 3. The van der Waals surface area contributed by atoms with Gasteiger partial charge in [-0.15, -0.1) is 0 Å². The Labute approximate surface area is 221 Å². The Morgan fingerprint density at radius 3 is 2.24 bits per heavy atom. The number of hydrogen-bond donors (Lipinski definition) is 1. The highest BCUT2D eigenvalue weighted by molar-refractivity contribution is 7.89. The monoisotopic (exact) mass is 533 g/mol. The average molecular weight is 534 g/mol. The van der Waals surface area contributed by atoms with E-state index >= 15 is 0 Å². The molecule has 4 heterocycles. The summed E-state index contributed by atoms with van der Waals surface area (Å²) in [4.78, 5) is 31.3. The van der Waals surface area contributed by atoms with Crippen molar-refractivity contribution in [1.82, 2.24) is 23.3 Å². The Hall–Kier alpha value is -3.47. The summed E-state index contributed by atoms with van der Waals surface area (Å²) in [5, 5.41) is 0. The molecular formula is C28H31N5O4S. The van der Waals surface area contributed by atoms with Gasteiger partial charge in [-0.1, -0.05) is 42.5 Å². The van der Waals surface area contributed by atoms with Crippen LogP contribution in [0.4, 0.5) is 0 Å². The number of likely N-dealkylation sites (tertiary alicyclic amines) is 1.